The fraction of sp³-hybridized carbons (Fsp3) is 0.333. The lowest BCUT2D eigenvalue weighted by Crippen LogP contribution is -2.18. The van der Waals surface area contributed by atoms with Gasteiger partial charge in [0.05, 0.1) is 0 Å². The largest absolute Gasteiger partial charge is 0.487 e. The summed E-state index contributed by atoms with van der Waals surface area (Å²) in [7, 11) is 0. The molecule has 3 N–H and O–H groups in total. The van der Waals surface area contributed by atoms with E-state index in [1.165, 1.54) is 0 Å². The van der Waals surface area contributed by atoms with Gasteiger partial charge in [0.2, 0.25) is 5.91 Å². The smallest absolute Gasteiger partial charge is 0.250 e. The van der Waals surface area contributed by atoms with E-state index < -0.39 is 0 Å². The van der Waals surface area contributed by atoms with Crippen molar-refractivity contribution in [1.29, 1.82) is 0 Å². The van der Waals surface area contributed by atoms with Gasteiger partial charge < -0.3 is 20.5 Å². The Bertz CT molecular complexity index is 406. The quantitative estimate of drug-likeness (QED) is 0.730. The molecule has 0 aliphatic carbocycles. The van der Waals surface area contributed by atoms with Crippen LogP contribution in [0.25, 0.3) is 0 Å². The summed E-state index contributed by atoms with van der Waals surface area (Å²) in [5.74, 6) is 0.458. The summed E-state index contributed by atoms with van der Waals surface area (Å²) in [6.45, 7) is 2.60. The molecule has 0 saturated carbocycles. The molecule has 0 unspecified atom stereocenters. The van der Waals surface area contributed by atoms with Gasteiger partial charge in [-0.2, -0.15) is 0 Å². The molecule has 0 radical (unpaired) electrons. The van der Waals surface area contributed by atoms with Gasteiger partial charge in [-0.15, -0.1) is 0 Å². The monoisotopic (exact) mass is 268 g/mol. The minimum absolute atomic E-state index is 0.0518. The third-order valence-electron chi connectivity index (χ3n) is 1.96. The Kier molecular flexibility index (Phi) is 6.10. The highest BCUT2D eigenvalue weighted by Crippen LogP contribution is 2.15. The number of nitrogens with one attached hydrogen (secondary N) is 1. The lowest BCUT2D eigenvalue weighted by atomic mass is 10.3. The average molecular weight is 268 g/mol. The average Bonchev–Trinajstić information content (AvgIpc) is 2.35. The summed E-state index contributed by atoms with van der Waals surface area (Å²) in [4.78, 5) is 11.7. The molecule has 6 heteroatoms. The molecule has 1 aromatic carbocycles. The van der Waals surface area contributed by atoms with Crippen LogP contribution in [0.3, 0.4) is 0 Å². The number of hydrogen-bond donors (Lipinski definition) is 2. The van der Waals surface area contributed by atoms with Crippen molar-refractivity contribution in [2.24, 2.45) is 5.73 Å². The predicted octanol–water partition coefficient (Wildman–Crippen LogP) is 1.33. The van der Waals surface area contributed by atoms with Crippen molar-refractivity contribution in [2.75, 3.05) is 25.1 Å². The SMILES string of the molecule is CCOCC(=O)Nc1ccc(OCC(N)=S)cc1. The number of carbonyl (C=O) groups excluding carboxylic acids is 1. The molecule has 18 heavy (non-hydrogen) atoms. The zero-order chi connectivity index (χ0) is 13.4. The minimum atomic E-state index is -0.186. The Morgan fingerprint density at radius 2 is 2.00 bits per heavy atom. The second-order valence-electron chi connectivity index (χ2n) is 3.46. The maximum Gasteiger partial charge on any atom is 0.250 e. The first-order valence-electron chi connectivity index (χ1n) is 5.50. The summed E-state index contributed by atoms with van der Waals surface area (Å²) < 4.78 is 10.3. The molecule has 0 fully saturated rings. The van der Waals surface area contributed by atoms with Crippen LogP contribution < -0.4 is 15.8 Å². The van der Waals surface area contributed by atoms with Gasteiger partial charge in [-0.1, -0.05) is 12.2 Å². The molecule has 0 saturated heterocycles. The van der Waals surface area contributed by atoms with Crippen LogP contribution in [0.15, 0.2) is 24.3 Å². The molecular formula is C12H16N2O3S. The molecule has 1 amide bonds. The topological polar surface area (TPSA) is 73.6 Å². The van der Waals surface area contributed by atoms with E-state index in [9.17, 15) is 4.79 Å². The van der Waals surface area contributed by atoms with Crippen LogP contribution in [0.2, 0.25) is 0 Å². The zero-order valence-corrected chi connectivity index (χ0v) is 11.0. The Labute approximate surface area is 111 Å². The summed E-state index contributed by atoms with van der Waals surface area (Å²) >= 11 is 4.70. The standard InChI is InChI=1S/C12H16N2O3S/c1-2-16-8-12(15)14-9-3-5-10(6-4-9)17-7-11(13)18/h3-6H,2,7-8H2,1H3,(H2,13,18)(H,14,15). The van der Waals surface area contributed by atoms with E-state index in [-0.39, 0.29) is 19.1 Å². The van der Waals surface area contributed by atoms with Crippen LogP contribution in [0, 0.1) is 0 Å². The Morgan fingerprint density at radius 1 is 1.33 bits per heavy atom. The van der Waals surface area contributed by atoms with Crippen LogP contribution in [-0.4, -0.2) is 30.7 Å². The number of anilines is 1. The molecule has 1 aromatic rings. The second kappa shape index (κ2) is 7.62. The highest BCUT2D eigenvalue weighted by Gasteiger charge is 2.02. The molecule has 1 rings (SSSR count). The third kappa shape index (κ3) is 5.60. The maximum absolute atomic E-state index is 11.4. The summed E-state index contributed by atoms with van der Waals surface area (Å²) in [5, 5.41) is 2.70. The van der Waals surface area contributed by atoms with Crippen molar-refractivity contribution in [3.05, 3.63) is 24.3 Å². The van der Waals surface area contributed by atoms with Crippen LogP contribution in [0.4, 0.5) is 5.69 Å². The van der Waals surface area contributed by atoms with Crippen molar-refractivity contribution in [3.63, 3.8) is 0 Å². The van der Waals surface area contributed by atoms with Gasteiger partial charge >= 0.3 is 0 Å². The molecule has 0 aromatic heterocycles. The number of ether oxygens (including phenoxy) is 2. The van der Waals surface area contributed by atoms with Gasteiger partial charge in [-0.25, -0.2) is 0 Å². The Morgan fingerprint density at radius 3 is 2.56 bits per heavy atom. The molecular weight excluding hydrogens is 252 g/mol. The van der Waals surface area contributed by atoms with E-state index in [0.717, 1.165) is 0 Å². The van der Waals surface area contributed by atoms with Gasteiger partial charge in [0, 0.05) is 12.3 Å². The first-order chi connectivity index (χ1) is 8.61. The van der Waals surface area contributed by atoms with Crippen LogP contribution in [0.5, 0.6) is 5.75 Å². The van der Waals surface area contributed by atoms with E-state index in [0.29, 0.717) is 23.0 Å². The van der Waals surface area contributed by atoms with E-state index in [2.05, 4.69) is 5.32 Å². The number of benzene rings is 1. The zero-order valence-electron chi connectivity index (χ0n) is 10.1. The van der Waals surface area contributed by atoms with E-state index >= 15 is 0 Å². The normalized spacial score (nSPS) is 9.83. The van der Waals surface area contributed by atoms with E-state index in [4.69, 9.17) is 27.4 Å². The molecule has 0 atom stereocenters. The number of nitrogens with two attached hydrogens (primary N) is 1. The number of hydrogen-bond acceptors (Lipinski definition) is 4. The molecule has 5 nitrogen and oxygen atoms in total. The maximum atomic E-state index is 11.4. The fourth-order valence-electron chi connectivity index (χ4n) is 1.18. The fourth-order valence-corrected chi connectivity index (χ4v) is 1.24. The summed E-state index contributed by atoms with van der Waals surface area (Å²) in [6.07, 6.45) is 0. The minimum Gasteiger partial charge on any atom is -0.487 e. The van der Waals surface area contributed by atoms with Crippen molar-refractivity contribution >= 4 is 28.8 Å². The van der Waals surface area contributed by atoms with Crippen LogP contribution in [-0.2, 0) is 9.53 Å². The van der Waals surface area contributed by atoms with Gasteiger partial charge in [0.25, 0.3) is 0 Å². The van der Waals surface area contributed by atoms with Crippen molar-refractivity contribution in [2.45, 2.75) is 6.92 Å². The highest BCUT2D eigenvalue weighted by atomic mass is 32.1. The summed E-state index contributed by atoms with van der Waals surface area (Å²) in [5.41, 5.74) is 6.00. The number of rotatable bonds is 7. The Balaban J connectivity index is 2.44. The van der Waals surface area contributed by atoms with Gasteiger partial charge in [0.15, 0.2) is 0 Å². The number of thiocarbonyl (C=S) groups is 1. The van der Waals surface area contributed by atoms with Crippen LogP contribution in [0.1, 0.15) is 6.92 Å². The Hall–Kier alpha value is -1.66. The number of amides is 1. The van der Waals surface area contributed by atoms with Crippen LogP contribution >= 0.6 is 12.2 Å². The molecule has 0 aliphatic heterocycles. The van der Waals surface area contributed by atoms with E-state index in [1.807, 2.05) is 6.92 Å². The highest BCUT2D eigenvalue weighted by molar-refractivity contribution is 7.80. The molecule has 98 valence electrons. The second-order valence-corrected chi connectivity index (χ2v) is 3.99. The van der Waals surface area contributed by atoms with Crippen molar-refractivity contribution in [3.8, 4) is 5.75 Å². The third-order valence-corrected chi connectivity index (χ3v) is 2.07. The lowest BCUT2D eigenvalue weighted by molar-refractivity contribution is -0.120. The van der Waals surface area contributed by atoms with E-state index in [1.54, 1.807) is 24.3 Å². The number of carbonyl (C=O) groups is 1. The van der Waals surface area contributed by atoms with Crippen molar-refractivity contribution in [1.82, 2.24) is 0 Å². The summed E-state index contributed by atoms with van der Waals surface area (Å²) in [6, 6.07) is 6.93. The molecule has 0 spiro atoms. The molecule has 0 heterocycles. The van der Waals surface area contributed by atoms with Gasteiger partial charge in [-0.05, 0) is 31.2 Å². The first kappa shape index (κ1) is 14.4. The lowest BCUT2D eigenvalue weighted by Gasteiger charge is -2.07. The van der Waals surface area contributed by atoms with Gasteiger partial charge in [-0.3, -0.25) is 4.79 Å². The molecule has 0 bridgehead atoms. The molecule has 0 aliphatic rings. The predicted molar refractivity (Wildman–Crippen MR) is 73.8 cm³/mol. The first-order valence-corrected chi connectivity index (χ1v) is 5.91. The van der Waals surface area contributed by atoms with Crippen molar-refractivity contribution < 1.29 is 14.3 Å². The van der Waals surface area contributed by atoms with Gasteiger partial charge in [0.1, 0.15) is 24.0 Å².